The van der Waals surface area contributed by atoms with Gasteiger partial charge >= 0.3 is 0 Å². The molecule has 1 heterocycles. The van der Waals surface area contributed by atoms with Gasteiger partial charge in [0, 0.05) is 0 Å². The zero-order valence-electron chi connectivity index (χ0n) is 8.18. The average Bonchev–Trinajstić information content (AvgIpc) is 2.32. The summed E-state index contributed by atoms with van der Waals surface area (Å²) in [6.45, 7) is 0. The molecule has 1 aromatic heterocycles. The van der Waals surface area contributed by atoms with E-state index >= 15 is 0 Å². The van der Waals surface area contributed by atoms with E-state index in [1.807, 2.05) is 24.3 Å². The largest absolute Gasteiger partial charge is 0.504 e. The first-order valence-electron chi connectivity index (χ1n) is 4.80. The monoisotopic (exact) mass is 230 g/mol. The number of rotatable bonds is 0. The summed E-state index contributed by atoms with van der Waals surface area (Å²) < 4.78 is 0. The van der Waals surface area contributed by atoms with E-state index < -0.39 is 0 Å². The Hall–Kier alpha value is -1.87. The predicted octanol–water partition coefficient (Wildman–Crippen LogP) is 3.14. The quantitative estimate of drug-likeness (QED) is 0.604. The van der Waals surface area contributed by atoms with Gasteiger partial charge in [0.2, 0.25) is 0 Å². The van der Waals surface area contributed by atoms with Gasteiger partial charge in [-0.05, 0) is 24.3 Å². The first-order chi connectivity index (χ1) is 7.75. The van der Waals surface area contributed by atoms with Gasteiger partial charge in [-0.2, -0.15) is 0 Å². The maximum atomic E-state index is 9.78. The molecule has 0 unspecified atom stereocenters. The Bertz CT molecular complexity index is 697. The third kappa shape index (κ3) is 1.29. The van der Waals surface area contributed by atoms with E-state index in [2.05, 4.69) is 9.97 Å². The number of hydrogen-bond acceptors (Lipinski definition) is 3. The van der Waals surface area contributed by atoms with E-state index in [0.29, 0.717) is 11.0 Å². The summed E-state index contributed by atoms with van der Waals surface area (Å²) in [5.41, 5.74) is 2.62. The zero-order chi connectivity index (χ0) is 11.1. The van der Waals surface area contributed by atoms with Crippen LogP contribution in [-0.2, 0) is 0 Å². The van der Waals surface area contributed by atoms with Crippen LogP contribution in [0.3, 0.4) is 0 Å². The molecule has 16 heavy (non-hydrogen) atoms. The van der Waals surface area contributed by atoms with Gasteiger partial charge in [-0.3, -0.25) is 0 Å². The molecule has 1 N–H and O–H groups in total. The van der Waals surface area contributed by atoms with E-state index in [1.165, 1.54) is 0 Å². The molecular weight excluding hydrogens is 224 g/mol. The Morgan fingerprint density at radius 2 is 1.56 bits per heavy atom. The van der Waals surface area contributed by atoms with Crippen LogP contribution < -0.4 is 0 Å². The highest BCUT2D eigenvalue weighted by Crippen LogP contribution is 2.30. The van der Waals surface area contributed by atoms with Crippen LogP contribution in [0.2, 0.25) is 5.02 Å². The fourth-order valence-electron chi connectivity index (χ4n) is 1.65. The minimum Gasteiger partial charge on any atom is -0.504 e. The van der Waals surface area contributed by atoms with Crippen molar-refractivity contribution in [2.24, 2.45) is 0 Å². The van der Waals surface area contributed by atoms with Gasteiger partial charge in [-0.25, -0.2) is 9.97 Å². The van der Waals surface area contributed by atoms with Gasteiger partial charge in [0.25, 0.3) is 0 Å². The van der Waals surface area contributed by atoms with Crippen molar-refractivity contribution in [2.45, 2.75) is 0 Å². The molecule has 0 aliphatic carbocycles. The number of fused-ring (bicyclic) bond motifs is 2. The lowest BCUT2D eigenvalue weighted by Crippen LogP contribution is -1.87. The molecular formula is C12H7ClN2O. The van der Waals surface area contributed by atoms with E-state index in [4.69, 9.17) is 11.6 Å². The van der Waals surface area contributed by atoms with Crippen LogP contribution in [0.5, 0.6) is 5.75 Å². The number of nitrogens with zero attached hydrogens (tertiary/aromatic N) is 2. The molecule has 3 nitrogen and oxygen atoms in total. The number of hydrogen-bond donors (Lipinski definition) is 1. The van der Waals surface area contributed by atoms with Crippen molar-refractivity contribution >= 4 is 33.7 Å². The number of benzene rings is 2. The van der Waals surface area contributed by atoms with Gasteiger partial charge in [0.1, 0.15) is 5.52 Å². The highest BCUT2D eigenvalue weighted by molar-refractivity contribution is 6.33. The van der Waals surface area contributed by atoms with E-state index in [0.717, 1.165) is 11.0 Å². The molecule has 3 rings (SSSR count). The minimum atomic E-state index is -0.0163. The van der Waals surface area contributed by atoms with Crippen LogP contribution >= 0.6 is 11.6 Å². The van der Waals surface area contributed by atoms with E-state index in [-0.39, 0.29) is 10.8 Å². The van der Waals surface area contributed by atoms with Crippen molar-refractivity contribution in [3.63, 3.8) is 0 Å². The van der Waals surface area contributed by atoms with Gasteiger partial charge in [0.15, 0.2) is 5.75 Å². The summed E-state index contributed by atoms with van der Waals surface area (Å²) in [5.74, 6) is -0.0163. The van der Waals surface area contributed by atoms with Crippen LogP contribution in [-0.4, -0.2) is 15.1 Å². The smallest absolute Gasteiger partial charge is 0.162 e. The summed E-state index contributed by atoms with van der Waals surface area (Å²) >= 11 is 5.82. The molecule has 0 spiro atoms. The number of para-hydroxylation sites is 2. The van der Waals surface area contributed by atoms with Crippen LogP contribution in [0.25, 0.3) is 22.1 Å². The van der Waals surface area contributed by atoms with Crippen molar-refractivity contribution in [3.8, 4) is 5.75 Å². The van der Waals surface area contributed by atoms with Gasteiger partial charge in [-0.1, -0.05) is 23.7 Å². The number of phenols is 1. The molecule has 0 saturated heterocycles. The van der Waals surface area contributed by atoms with Gasteiger partial charge in [-0.15, -0.1) is 0 Å². The molecule has 0 radical (unpaired) electrons. The molecule has 0 aliphatic heterocycles. The molecule has 2 aromatic carbocycles. The van der Waals surface area contributed by atoms with Crippen LogP contribution in [0.4, 0.5) is 0 Å². The Morgan fingerprint density at radius 3 is 2.31 bits per heavy atom. The average molecular weight is 231 g/mol. The standard InChI is InChI=1S/C12H7ClN2O/c13-7-5-6-10-11(12(7)16)15-9-4-2-1-3-8(9)14-10/h1-6,16H. The second-order valence-corrected chi connectivity index (χ2v) is 3.88. The van der Waals surface area contributed by atoms with Crippen molar-refractivity contribution in [1.29, 1.82) is 0 Å². The van der Waals surface area contributed by atoms with Crippen LogP contribution in [0.15, 0.2) is 36.4 Å². The number of aromatic nitrogens is 2. The fraction of sp³-hybridized carbons (Fsp3) is 0. The molecule has 0 aliphatic rings. The molecule has 4 heteroatoms. The normalized spacial score (nSPS) is 11.1. The zero-order valence-corrected chi connectivity index (χ0v) is 8.94. The van der Waals surface area contributed by atoms with Crippen molar-refractivity contribution in [3.05, 3.63) is 41.4 Å². The number of halogens is 1. The van der Waals surface area contributed by atoms with Crippen molar-refractivity contribution in [1.82, 2.24) is 9.97 Å². The SMILES string of the molecule is Oc1c(Cl)ccc2nc3ccccc3nc12. The van der Waals surface area contributed by atoms with Crippen molar-refractivity contribution < 1.29 is 5.11 Å². The van der Waals surface area contributed by atoms with Crippen molar-refractivity contribution in [2.75, 3.05) is 0 Å². The predicted molar refractivity (Wildman–Crippen MR) is 63.7 cm³/mol. The summed E-state index contributed by atoms with van der Waals surface area (Å²) in [7, 11) is 0. The Kier molecular flexibility index (Phi) is 1.94. The highest BCUT2D eigenvalue weighted by Gasteiger charge is 2.08. The fourth-order valence-corrected chi connectivity index (χ4v) is 1.80. The maximum Gasteiger partial charge on any atom is 0.162 e. The van der Waals surface area contributed by atoms with E-state index in [9.17, 15) is 5.11 Å². The number of phenolic OH excluding ortho intramolecular Hbond substituents is 1. The topological polar surface area (TPSA) is 46.0 Å². The molecule has 0 atom stereocenters. The molecule has 0 amide bonds. The summed E-state index contributed by atoms with van der Waals surface area (Å²) in [5, 5.41) is 10.1. The summed E-state index contributed by atoms with van der Waals surface area (Å²) in [4.78, 5) is 8.74. The Morgan fingerprint density at radius 1 is 0.875 bits per heavy atom. The Balaban J connectivity index is 2.51. The van der Waals surface area contributed by atoms with Crippen LogP contribution in [0.1, 0.15) is 0 Å². The first kappa shape index (κ1) is 9.36. The molecule has 0 saturated carbocycles. The molecule has 78 valence electrons. The minimum absolute atomic E-state index is 0.0163. The lowest BCUT2D eigenvalue weighted by Gasteiger charge is -2.03. The first-order valence-corrected chi connectivity index (χ1v) is 5.17. The third-order valence-corrected chi connectivity index (χ3v) is 2.74. The second kappa shape index (κ2) is 3.32. The lowest BCUT2D eigenvalue weighted by atomic mass is 10.2. The third-order valence-electron chi connectivity index (χ3n) is 2.44. The second-order valence-electron chi connectivity index (χ2n) is 3.48. The Labute approximate surface area is 96.3 Å². The van der Waals surface area contributed by atoms with Gasteiger partial charge < -0.3 is 5.11 Å². The lowest BCUT2D eigenvalue weighted by molar-refractivity contribution is 0.480. The van der Waals surface area contributed by atoms with Crippen LogP contribution in [0, 0.1) is 0 Å². The van der Waals surface area contributed by atoms with Gasteiger partial charge in [0.05, 0.1) is 21.6 Å². The summed E-state index contributed by atoms with van der Waals surface area (Å²) in [6, 6.07) is 10.9. The number of aromatic hydroxyl groups is 1. The maximum absolute atomic E-state index is 9.78. The molecule has 0 bridgehead atoms. The summed E-state index contributed by atoms with van der Waals surface area (Å²) in [6.07, 6.45) is 0. The highest BCUT2D eigenvalue weighted by atomic mass is 35.5. The van der Waals surface area contributed by atoms with E-state index in [1.54, 1.807) is 12.1 Å². The molecule has 0 fully saturated rings. The molecule has 3 aromatic rings.